The van der Waals surface area contributed by atoms with Gasteiger partial charge in [-0.25, -0.2) is 13.8 Å². The molecule has 1 aromatic heterocycles. The monoisotopic (exact) mass is 262 g/mol. The van der Waals surface area contributed by atoms with Crippen molar-refractivity contribution in [2.45, 2.75) is 12.8 Å². The fraction of sp³-hybridized carbons (Fsp3) is 0.444. The molecule has 0 amide bonds. The molecule has 0 N–H and O–H groups in total. The highest BCUT2D eigenvalue weighted by Crippen LogP contribution is 2.35. The first kappa shape index (κ1) is 9.83. The molecule has 0 unspecified atom stereocenters. The minimum atomic E-state index is -2.55. The third-order valence-corrected chi connectivity index (χ3v) is 3.19. The molecule has 0 aromatic carbocycles. The molecule has 1 aliphatic heterocycles. The van der Waals surface area contributed by atoms with E-state index in [1.807, 2.05) is 13.0 Å². The zero-order chi connectivity index (χ0) is 10.3. The van der Waals surface area contributed by atoms with Crippen LogP contribution in [0.25, 0.3) is 0 Å². The normalized spacial score (nSPS) is 19.3. The van der Waals surface area contributed by atoms with Crippen LogP contribution >= 0.6 is 15.9 Å². The summed E-state index contributed by atoms with van der Waals surface area (Å²) in [5, 5.41) is 0. The zero-order valence-electron chi connectivity index (χ0n) is 7.60. The minimum absolute atomic E-state index is 0.234. The van der Waals surface area contributed by atoms with Crippen LogP contribution in [-0.2, 0) is 0 Å². The van der Waals surface area contributed by atoms with E-state index in [0.29, 0.717) is 5.82 Å². The van der Waals surface area contributed by atoms with Crippen molar-refractivity contribution in [1.82, 2.24) is 4.98 Å². The molecule has 5 heteroatoms. The Labute approximate surface area is 89.1 Å². The maximum Gasteiger partial charge on any atom is 0.282 e. The van der Waals surface area contributed by atoms with E-state index in [1.54, 1.807) is 11.1 Å². The van der Waals surface area contributed by atoms with Gasteiger partial charge in [-0.1, -0.05) is 0 Å². The van der Waals surface area contributed by atoms with Gasteiger partial charge in [0, 0.05) is 6.20 Å². The van der Waals surface area contributed by atoms with Gasteiger partial charge >= 0.3 is 0 Å². The van der Waals surface area contributed by atoms with Crippen LogP contribution in [0.2, 0.25) is 0 Å². The molecular formula is C9H9BrF2N2. The molecule has 1 saturated heterocycles. The van der Waals surface area contributed by atoms with Crippen LogP contribution in [0.3, 0.4) is 0 Å². The maximum absolute atomic E-state index is 12.6. The average molecular weight is 263 g/mol. The van der Waals surface area contributed by atoms with E-state index in [-0.39, 0.29) is 13.1 Å². The predicted octanol–water partition coefficient (Wildman–Crippen LogP) is 2.61. The van der Waals surface area contributed by atoms with Crippen LogP contribution in [0.1, 0.15) is 5.56 Å². The lowest BCUT2D eigenvalue weighted by Crippen LogP contribution is -2.56. The van der Waals surface area contributed by atoms with E-state index >= 15 is 0 Å². The zero-order valence-corrected chi connectivity index (χ0v) is 9.18. The molecule has 0 radical (unpaired) electrons. The summed E-state index contributed by atoms with van der Waals surface area (Å²) in [4.78, 5) is 5.64. The van der Waals surface area contributed by atoms with Crippen LogP contribution in [0.15, 0.2) is 16.7 Å². The van der Waals surface area contributed by atoms with Gasteiger partial charge in [-0.15, -0.1) is 0 Å². The van der Waals surface area contributed by atoms with E-state index in [9.17, 15) is 8.78 Å². The van der Waals surface area contributed by atoms with Gasteiger partial charge < -0.3 is 4.90 Å². The van der Waals surface area contributed by atoms with Gasteiger partial charge in [-0.05, 0) is 34.5 Å². The van der Waals surface area contributed by atoms with Crippen LogP contribution in [0.5, 0.6) is 0 Å². The summed E-state index contributed by atoms with van der Waals surface area (Å²) in [7, 11) is 0. The number of rotatable bonds is 1. The number of aromatic nitrogens is 1. The summed E-state index contributed by atoms with van der Waals surface area (Å²) in [6, 6.07) is 1.84. The molecule has 1 aromatic rings. The largest absolute Gasteiger partial charge is 0.343 e. The Morgan fingerprint density at radius 2 is 2.14 bits per heavy atom. The maximum atomic E-state index is 12.6. The third-order valence-electron chi connectivity index (χ3n) is 2.21. The van der Waals surface area contributed by atoms with E-state index in [0.717, 1.165) is 10.0 Å². The summed E-state index contributed by atoms with van der Waals surface area (Å²) in [5.41, 5.74) is 1.00. The van der Waals surface area contributed by atoms with Gasteiger partial charge in [0.05, 0.1) is 17.6 Å². The van der Waals surface area contributed by atoms with Crippen molar-refractivity contribution in [3.8, 4) is 0 Å². The summed E-state index contributed by atoms with van der Waals surface area (Å²) in [5.74, 6) is -1.94. The van der Waals surface area contributed by atoms with Crippen LogP contribution in [-0.4, -0.2) is 24.0 Å². The number of hydrogen-bond donors (Lipinski definition) is 0. The standard InChI is InChI=1S/C9H9BrF2N2/c1-6-2-3-13-8(7(6)10)14-4-9(11,12)5-14/h2-3H,4-5H2,1H3. The SMILES string of the molecule is Cc1ccnc(N2CC(F)(F)C2)c1Br. The molecule has 76 valence electrons. The van der Waals surface area contributed by atoms with Crippen molar-refractivity contribution in [3.05, 3.63) is 22.3 Å². The summed E-state index contributed by atoms with van der Waals surface area (Å²) in [6.07, 6.45) is 1.63. The van der Waals surface area contributed by atoms with Gasteiger partial charge in [0.2, 0.25) is 0 Å². The molecule has 0 bridgehead atoms. The van der Waals surface area contributed by atoms with Crippen LogP contribution in [0, 0.1) is 6.92 Å². The molecule has 2 heterocycles. The second kappa shape index (κ2) is 3.15. The van der Waals surface area contributed by atoms with E-state index < -0.39 is 5.92 Å². The summed E-state index contributed by atoms with van der Waals surface area (Å²) >= 11 is 3.34. The number of aryl methyl sites for hydroxylation is 1. The first-order chi connectivity index (χ1) is 6.49. The van der Waals surface area contributed by atoms with Crippen molar-refractivity contribution < 1.29 is 8.78 Å². The number of nitrogens with zero attached hydrogens (tertiary/aromatic N) is 2. The Morgan fingerprint density at radius 3 is 2.71 bits per heavy atom. The average Bonchev–Trinajstić information content (AvgIpc) is 2.06. The van der Waals surface area contributed by atoms with Crippen LogP contribution in [0.4, 0.5) is 14.6 Å². The highest BCUT2D eigenvalue weighted by atomic mass is 79.9. The first-order valence-electron chi connectivity index (χ1n) is 4.23. The van der Waals surface area contributed by atoms with Crippen molar-refractivity contribution >= 4 is 21.7 Å². The van der Waals surface area contributed by atoms with Gasteiger partial charge in [0.1, 0.15) is 5.82 Å². The topological polar surface area (TPSA) is 16.1 Å². The Bertz CT molecular complexity index is 360. The van der Waals surface area contributed by atoms with Gasteiger partial charge in [0.25, 0.3) is 5.92 Å². The highest BCUT2D eigenvalue weighted by molar-refractivity contribution is 9.10. The Kier molecular flexibility index (Phi) is 2.21. The third kappa shape index (κ3) is 1.61. The molecule has 0 aliphatic carbocycles. The van der Waals surface area contributed by atoms with Crippen molar-refractivity contribution in [3.63, 3.8) is 0 Å². The number of hydrogen-bond acceptors (Lipinski definition) is 2. The van der Waals surface area contributed by atoms with Crippen molar-refractivity contribution in [2.75, 3.05) is 18.0 Å². The van der Waals surface area contributed by atoms with E-state index in [4.69, 9.17) is 0 Å². The molecule has 2 rings (SSSR count). The number of alkyl halides is 2. The van der Waals surface area contributed by atoms with Gasteiger partial charge in [-0.2, -0.15) is 0 Å². The van der Waals surface area contributed by atoms with Crippen molar-refractivity contribution in [2.24, 2.45) is 0 Å². The number of halogens is 3. The Hall–Kier alpha value is -0.710. The molecule has 0 spiro atoms. The summed E-state index contributed by atoms with van der Waals surface area (Å²) in [6.45, 7) is 1.44. The molecular weight excluding hydrogens is 254 g/mol. The van der Waals surface area contributed by atoms with Crippen LogP contribution < -0.4 is 4.90 Å². The van der Waals surface area contributed by atoms with E-state index in [1.165, 1.54) is 0 Å². The number of pyridine rings is 1. The minimum Gasteiger partial charge on any atom is -0.343 e. The smallest absolute Gasteiger partial charge is 0.282 e. The van der Waals surface area contributed by atoms with E-state index in [2.05, 4.69) is 20.9 Å². The second-order valence-corrected chi connectivity index (χ2v) is 4.27. The lowest BCUT2D eigenvalue weighted by atomic mass is 10.1. The van der Waals surface area contributed by atoms with Crippen molar-refractivity contribution in [1.29, 1.82) is 0 Å². The fourth-order valence-corrected chi connectivity index (χ4v) is 1.89. The molecule has 1 aliphatic rings. The summed E-state index contributed by atoms with van der Waals surface area (Å²) < 4.78 is 26.0. The molecule has 0 saturated carbocycles. The first-order valence-corrected chi connectivity index (χ1v) is 5.03. The lowest BCUT2D eigenvalue weighted by Gasteiger charge is -2.40. The molecule has 2 nitrogen and oxygen atoms in total. The highest BCUT2D eigenvalue weighted by Gasteiger charge is 2.45. The molecule has 0 atom stereocenters. The predicted molar refractivity (Wildman–Crippen MR) is 53.8 cm³/mol. The molecule has 14 heavy (non-hydrogen) atoms. The Balaban J connectivity index is 2.23. The quantitative estimate of drug-likeness (QED) is 0.774. The second-order valence-electron chi connectivity index (χ2n) is 3.48. The number of anilines is 1. The molecule has 1 fully saturated rings. The van der Waals surface area contributed by atoms with Gasteiger partial charge in [-0.3, -0.25) is 0 Å². The lowest BCUT2D eigenvalue weighted by molar-refractivity contribution is -0.0267. The van der Waals surface area contributed by atoms with Gasteiger partial charge in [0.15, 0.2) is 0 Å². The Morgan fingerprint density at radius 1 is 1.50 bits per heavy atom. The fourth-order valence-electron chi connectivity index (χ4n) is 1.41.